The Kier molecular flexibility index (Phi) is 3.71. The van der Waals surface area contributed by atoms with Crippen molar-refractivity contribution in [2.24, 2.45) is 0 Å². The average Bonchev–Trinajstić information content (AvgIpc) is 2.67. The van der Waals surface area contributed by atoms with Crippen LogP contribution in [0, 0.1) is 6.92 Å². The molecule has 0 amide bonds. The Hall–Kier alpha value is -1.04. The highest BCUT2D eigenvalue weighted by molar-refractivity contribution is 7.99. The number of nitrogens with zero attached hydrogens (tertiary/aromatic N) is 2. The van der Waals surface area contributed by atoms with Crippen molar-refractivity contribution in [1.29, 1.82) is 0 Å². The maximum absolute atomic E-state index is 9.43. The molecule has 2 aromatic rings. The first-order valence-electron chi connectivity index (χ1n) is 5.01. The normalized spacial score (nSPS) is 12.7. The van der Waals surface area contributed by atoms with Crippen molar-refractivity contribution < 1.29 is 9.52 Å². The minimum Gasteiger partial charge on any atom is -0.416 e. The van der Waals surface area contributed by atoms with E-state index in [2.05, 4.69) is 10.2 Å². The number of rotatable bonds is 3. The van der Waals surface area contributed by atoms with Crippen LogP contribution in [0.3, 0.4) is 0 Å². The van der Waals surface area contributed by atoms with Crippen LogP contribution < -0.4 is 0 Å². The summed E-state index contributed by atoms with van der Waals surface area (Å²) in [5, 5.41) is 18.1. The summed E-state index contributed by atoms with van der Waals surface area (Å²) in [6.07, 6.45) is -0.530. The molecule has 0 aliphatic carbocycles. The third-order valence-electron chi connectivity index (χ3n) is 2.14. The number of hydrogen-bond acceptors (Lipinski definition) is 5. The molecule has 0 bridgehead atoms. The lowest BCUT2D eigenvalue weighted by Gasteiger charge is -2.07. The van der Waals surface area contributed by atoms with Crippen LogP contribution in [0.25, 0.3) is 0 Å². The van der Waals surface area contributed by atoms with Gasteiger partial charge in [0.25, 0.3) is 5.22 Å². The van der Waals surface area contributed by atoms with Gasteiger partial charge in [-0.25, -0.2) is 0 Å². The molecule has 0 saturated carbocycles. The zero-order valence-corrected chi connectivity index (χ0v) is 10.9. The van der Waals surface area contributed by atoms with E-state index >= 15 is 0 Å². The highest BCUT2D eigenvalue weighted by Gasteiger charge is 2.10. The maximum atomic E-state index is 9.43. The monoisotopic (exact) mass is 270 g/mol. The Balaban J connectivity index is 2.22. The topological polar surface area (TPSA) is 59.2 Å². The molecule has 0 saturated heterocycles. The maximum Gasteiger partial charge on any atom is 0.281 e. The number of aliphatic hydroxyl groups is 1. The molecule has 90 valence electrons. The smallest absolute Gasteiger partial charge is 0.281 e. The molecule has 1 aromatic heterocycles. The Morgan fingerprint density at radius 2 is 2.18 bits per heavy atom. The molecule has 1 aromatic carbocycles. The van der Waals surface area contributed by atoms with Crippen molar-refractivity contribution in [1.82, 2.24) is 10.2 Å². The molecular weight excluding hydrogens is 260 g/mol. The minimum absolute atomic E-state index is 0.453. The molecule has 1 atom stereocenters. The summed E-state index contributed by atoms with van der Waals surface area (Å²) in [6.45, 7) is 3.43. The third-order valence-corrected chi connectivity index (χ3v) is 3.48. The average molecular weight is 271 g/mol. The van der Waals surface area contributed by atoms with Crippen LogP contribution >= 0.6 is 23.4 Å². The van der Waals surface area contributed by atoms with Crippen LogP contribution in [-0.4, -0.2) is 15.3 Å². The Morgan fingerprint density at radius 1 is 1.41 bits per heavy atom. The molecule has 17 heavy (non-hydrogen) atoms. The fraction of sp³-hybridized carbons (Fsp3) is 0.273. The van der Waals surface area contributed by atoms with E-state index in [9.17, 15) is 5.11 Å². The van der Waals surface area contributed by atoms with Crippen LogP contribution in [0.4, 0.5) is 0 Å². The molecule has 0 spiro atoms. The summed E-state index contributed by atoms with van der Waals surface area (Å²) in [4.78, 5) is 0.819. The van der Waals surface area contributed by atoms with E-state index in [4.69, 9.17) is 16.0 Å². The van der Waals surface area contributed by atoms with Gasteiger partial charge in [-0.1, -0.05) is 17.7 Å². The third kappa shape index (κ3) is 3.00. The highest BCUT2D eigenvalue weighted by Crippen LogP contribution is 2.33. The number of halogens is 1. The summed E-state index contributed by atoms with van der Waals surface area (Å²) < 4.78 is 5.25. The Labute approximate surface area is 108 Å². The van der Waals surface area contributed by atoms with Crippen LogP contribution in [0.2, 0.25) is 5.02 Å². The number of aromatic nitrogens is 2. The summed E-state index contributed by atoms with van der Waals surface area (Å²) in [7, 11) is 0. The van der Waals surface area contributed by atoms with Gasteiger partial charge in [-0.2, -0.15) is 0 Å². The molecule has 1 N–H and O–H groups in total. The van der Waals surface area contributed by atoms with Crippen LogP contribution in [-0.2, 0) is 0 Å². The van der Waals surface area contributed by atoms with Gasteiger partial charge in [0.1, 0.15) is 0 Å². The zero-order valence-electron chi connectivity index (χ0n) is 9.35. The van der Waals surface area contributed by atoms with Crippen molar-refractivity contribution in [3.63, 3.8) is 0 Å². The van der Waals surface area contributed by atoms with Gasteiger partial charge in [0.05, 0.1) is 11.1 Å². The molecular formula is C11H11ClN2O2S. The standard InChI is InChI=1S/C11H11ClN2O2S/c1-6(15)8-3-4-10(9(12)5-8)17-11-14-13-7(2)16-11/h3-6,15H,1-2H3/t6-/m0/s1. The van der Waals surface area contributed by atoms with E-state index in [1.807, 2.05) is 12.1 Å². The van der Waals surface area contributed by atoms with Crippen molar-refractivity contribution in [3.8, 4) is 0 Å². The first kappa shape index (κ1) is 12.4. The predicted octanol–water partition coefficient (Wildman–Crippen LogP) is 3.24. The van der Waals surface area contributed by atoms with E-state index in [-0.39, 0.29) is 0 Å². The first-order valence-corrected chi connectivity index (χ1v) is 6.21. The Morgan fingerprint density at radius 3 is 2.71 bits per heavy atom. The highest BCUT2D eigenvalue weighted by atomic mass is 35.5. The predicted molar refractivity (Wildman–Crippen MR) is 65.2 cm³/mol. The molecule has 0 aliphatic rings. The van der Waals surface area contributed by atoms with E-state index in [1.165, 1.54) is 11.8 Å². The van der Waals surface area contributed by atoms with Gasteiger partial charge >= 0.3 is 0 Å². The van der Waals surface area contributed by atoms with Gasteiger partial charge in [-0.3, -0.25) is 0 Å². The van der Waals surface area contributed by atoms with E-state index in [1.54, 1.807) is 19.9 Å². The number of benzene rings is 1. The SMILES string of the molecule is Cc1nnc(Sc2ccc([C@H](C)O)cc2Cl)o1. The fourth-order valence-corrected chi connectivity index (χ4v) is 2.30. The minimum atomic E-state index is -0.530. The van der Waals surface area contributed by atoms with Gasteiger partial charge in [0.2, 0.25) is 5.89 Å². The largest absolute Gasteiger partial charge is 0.416 e. The van der Waals surface area contributed by atoms with Crippen molar-refractivity contribution in [2.45, 2.75) is 30.1 Å². The molecule has 2 rings (SSSR count). The molecule has 0 aliphatic heterocycles. The van der Waals surface area contributed by atoms with Crippen molar-refractivity contribution in [3.05, 3.63) is 34.7 Å². The number of aliphatic hydroxyl groups excluding tert-OH is 1. The second-order valence-electron chi connectivity index (χ2n) is 3.55. The lowest BCUT2D eigenvalue weighted by molar-refractivity contribution is 0.199. The molecule has 6 heteroatoms. The molecule has 4 nitrogen and oxygen atoms in total. The van der Waals surface area contributed by atoms with Gasteiger partial charge in [-0.05, 0) is 36.4 Å². The van der Waals surface area contributed by atoms with Crippen LogP contribution in [0.1, 0.15) is 24.5 Å². The summed E-state index contributed by atoms with van der Waals surface area (Å²) >= 11 is 7.41. The molecule has 1 heterocycles. The first-order chi connectivity index (χ1) is 8.06. The van der Waals surface area contributed by atoms with E-state index in [0.29, 0.717) is 16.1 Å². The second-order valence-corrected chi connectivity index (χ2v) is 4.96. The van der Waals surface area contributed by atoms with Crippen LogP contribution in [0.5, 0.6) is 0 Å². The fourth-order valence-electron chi connectivity index (χ4n) is 1.27. The summed E-state index contributed by atoms with van der Waals surface area (Å²) in [6, 6.07) is 5.38. The second kappa shape index (κ2) is 5.08. The van der Waals surface area contributed by atoms with Gasteiger partial charge < -0.3 is 9.52 Å². The van der Waals surface area contributed by atoms with Crippen molar-refractivity contribution >= 4 is 23.4 Å². The van der Waals surface area contributed by atoms with Gasteiger partial charge in [0, 0.05) is 11.8 Å². The number of hydrogen-bond donors (Lipinski definition) is 1. The van der Waals surface area contributed by atoms with Gasteiger partial charge in [-0.15, -0.1) is 10.2 Å². The Bertz CT molecular complexity index is 528. The van der Waals surface area contributed by atoms with Gasteiger partial charge in [0.15, 0.2) is 0 Å². The lowest BCUT2D eigenvalue weighted by atomic mass is 10.1. The van der Waals surface area contributed by atoms with E-state index < -0.39 is 6.10 Å². The van der Waals surface area contributed by atoms with Crippen LogP contribution in [0.15, 0.2) is 32.7 Å². The lowest BCUT2D eigenvalue weighted by Crippen LogP contribution is -1.90. The number of aryl methyl sites for hydroxylation is 1. The molecule has 0 fully saturated rings. The molecule has 0 radical (unpaired) electrons. The molecule has 0 unspecified atom stereocenters. The van der Waals surface area contributed by atoms with E-state index in [0.717, 1.165) is 10.5 Å². The summed E-state index contributed by atoms with van der Waals surface area (Å²) in [5.74, 6) is 0.518. The summed E-state index contributed by atoms with van der Waals surface area (Å²) in [5.41, 5.74) is 0.779. The van der Waals surface area contributed by atoms with Crippen molar-refractivity contribution in [2.75, 3.05) is 0 Å². The zero-order chi connectivity index (χ0) is 12.4. The quantitative estimate of drug-likeness (QED) is 0.928.